The van der Waals surface area contributed by atoms with E-state index in [0.717, 1.165) is 12.3 Å². The first-order valence-corrected chi connectivity index (χ1v) is 3.25. The van der Waals surface area contributed by atoms with E-state index in [4.69, 9.17) is 5.11 Å². The molecule has 1 rings (SSSR count). The van der Waals surface area contributed by atoms with Gasteiger partial charge in [0.25, 0.3) is 0 Å². The van der Waals surface area contributed by atoms with Crippen LogP contribution in [0.1, 0.15) is 0 Å². The molecule has 0 radical (unpaired) electrons. The molecular formula is C7H5FN2O3. The lowest BCUT2D eigenvalue weighted by Gasteiger charge is -2.01. The number of carboxylic acid groups (broad SMARTS) is 1. The van der Waals surface area contributed by atoms with E-state index in [-0.39, 0.29) is 5.69 Å². The number of amides is 1. The average molecular weight is 184 g/mol. The van der Waals surface area contributed by atoms with Gasteiger partial charge in [-0.1, -0.05) is 0 Å². The highest BCUT2D eigenvalue weighted by molar-refractivity contribution is 6.36. The number of anilines is 1. The molecule has 13 heavy (non-hydrogen) atoms. The molecule has 68 valence electrons. The largest absolute Gasteiger partial charge is 0.474 e. The molecule has 0 aliphatic carbocycles. The lowest BCUT2D eigenvalue weighted by molar-refractivity contribution is -0.147. The summed E-state index contributed by atoms with van der Waals surface area (Å²) in [6, 6.07) is 1.16. The van der Waals surface area contributed by atoms with Gasteiger partial charge in [-0.2, -0.15) is 0 Å². The van der Waals surface area contributed by atoms with Gasteiger partial charge in [-0.25, -0.2) is 9.18 Å². The summed E-state index contributed by atoms with van der Waals surface area (Å²) in [4.78, 5) is 24.1. The second-order valence-electron chi connectivity index (χ2n) is 2.11. The van der Waals surface area contributed by atoms with Gasteiger partial charge in [0.1, 0.15) is 0 Å². The quantitative estimate of drug-likeness (QED) is 0.613. The number of nitrogens with one attached hydrogen (secondary N) is 1. The van der Waals surface area contributed by atoms with Gasteiger partial charge in [-0.15, -0.1) is 0 Å². The fraction of sp³-hybridized carbons (Fsp3) is 0. The van der Waals surface area contributed by atoms with Crippen molar-refractivity contribution in [2.24, 2.45) is 0 Å². The molecule has 1 aromatic rings. The van der Waals surface area contributed by atoms with Gasteiger partial charge in [0.05, 0.1) is 11.9 Å². The second kappa shape index (κ2) is 3.61. The van der Waals surface area contributed by atoms with Crippen LogP contribution in [0.2, 0.25) is 0 Å². The minimum absolute atomic E-state index is 0.206. The van der Waals surface area contributed by atoms with E-state index < -0.39 is 17.7 Å². The number of pyridine rings is 1. The van der Waals surface area contributed by atoms with Crippen LogP contribution >= 0.6 is 0 Å². The van der Waals surface area contributed by atoms with Crippen LogP contribution in [0.25, 0.3) is 0 Å². The van der Waals surface area contributed by atoms with Crippen molar-refractivity contribution in [1.29, 1.82) is 0 Å². The summed E-state index contributed by atoms with van der Waals surface area (Å²) in [5.74, 6) is -3.74. The van der Waals surface area contributed by atoms with Gasteiger partial charge in [0.2, 0.25) is 0 Å². The number of carbonyl (C=O) groups is 2. The molecule has 0 fully saturated rings. The minimum atomic E-state index is -1.67. The highest BCUT2D eigenvalue weighted by atomic mass is 19.1. The van der Waals surface area contributed by atoms with E-state index in [9.17, 15) is 14.0 Å². The minimum Gasteiger partial charge on any atom is -0.474 e. The van der Waals surface area contributed by atoms with Gasteiger partial charge in [-0.05, 0) is 6.07 Å². The van der Waals surface area contributed by atoms with Gasteiger partial charge in [0.15, 0.2) is 5.82 Å². The van der Waals surface area contributed by atoms with Crippen LogP contribution in [0.4, 0.5) is 10.1 Å². The molecular weight excluding hydrogens is 179 g/mol. The van der Waals surface area contributed by atoms with Crippen molar-refractivity contribution in [3.05, 3.63) is 24.3 Å². The van der Waals surface area contributed by atoms with Gasteiger partial charge >= 0.3 is 11.9 Å². The molecule has 0 saturated heterocycles. The number of rotatable bonds is 1. The predicted molar refractivity (Wildman–Crippen MR) is 40.5 cm³/mol. The van der Waals surface area contributed by atoms with E-state index in [0.29, 0.717) is 0 Å². The molecule has 0 aliphatic rings. The van der Waals surface area contributed by atoms with Gasteiger partial charge in [0, 0.05) is 6.20 Å². The number of aliphatic carboxylic acids is 1. The molecule has 0 aliphatic heterocycles. The Morgan fingerprint density at radius 1 is 1.54 bits per heavy atom. The Morgan fingerprint density at radius 3 is 2.77 bits per heavy atom. The maximum atomic E-state index is 12.7. The Bertz CT molecular complexity index is 353. The van der Waals surface area contributed by atoms with Crippen molar-refractivity contribution in [2.45, 2.75) is 0 Å². The van der Waals surface area contributed by atoms with Crippen molar-refractivity contribution < 1.29 is 19.1 Å². The van der Waals surface area contributed by atoms with E-state index in [2.05, 4.69) is 4.98 Å². The molecule has 1 amide bonds. The lowest BCUT2D eigenvalue weighted by Crippen LogP contribution is -2.22. The zero-order chi connectivity index (χ0) is 9.84. The fourth-order valence-corrected chi connectivity index (χ4v) is 0.652. The number of carboxylic acids is 1. The SMILES string of the molecule is O=C(O)C(=O)Nc1ccncc1F. The monoisotopic (exact) mass is 184 g/mol. The summed E-state index contributed by atoms with van der Waals surface area (Å²) in [6.07, 6.45) is 2.11. The summed E-state index contributed by atoms with van der Waals surface area (Å²) >= 11 is 0. The molecule has 0 aromatic carbocycles. The summed E-state index contributed by atoms with van der Waals surface area (Å²) in [7, 11) is 0. The molecule has 0 unspecified atom stereocenters. The third-order valence-corrected chi connectivity index (χ3v) is 1.21. The van der Waals surface area contributed by atoms with Crippen LogP contribution in [0, 0.1) is 5.82 Å². The zero-order valence-corrected chi connectivity index (χ0v) is 6.32. The third kappa shape index (κ3) is 2.22. The summed E-state index contributed by atoms with van der Waals surface area (Å²) in [5, 5.41) is 10.0. The van der Waals surface area contributed by atoms with Crippen LogP contribution in [-0.2, 0) is 9.59 Å². The maximum Gasteiger partial charge on any atom is 0.394 e. The Hall–Kier alpha value is -1.98. The van der Waals surface area contributed by atoms with Gasteiger partial charge in [-0.3, -0.25) is 9.78 Å². The Kier molecular flexibility index (Phi) is 2.53. The van der Waals surface area contributed by atoms with Crippen LogP contribution in [0.5, 0.6) is 0 Å². The fourth-order valence-electron chi connectivity index (χ4n) is 0.652. The lowest BCUT2D eigenvalue weighted by atomic mass is 10.4. The predicted octanol–water partition coefficient (Wildman–Crippen LogP) is 0.244. The van der Waals surface area contributed by atoms with Crippen LogP contribution < -0.4 is 5.32 Å². The van der Waals surface area contributed by atoms with E-state index in [1.807, 2.05) is 5.32 Å². The number of aromatic nitrogens is 1. The highest BCUT2D eigenvalue weighted by Gasteiger charge is 2.12. The third-order valence-electron chi connectivity index (χ3n) is 1.21. The highest BCUT2D eigenvalue weighted by Crippen LogP contribution is 2.09. The Labute approximate surface area is 72.2 Å². The smallest absolute Gasteiger partial charge is 0.394 e. The second-order valence-corrected chi connectivity index (χ2v) is 2.11. The molecule has 1 heterocycles. The van der Waals surface area contributed by atoms with Crippen molar-refractivity contribution in [2.75, 3.05) is 5.32 Å². The normalized spacial score (nSPS) is 9.31. The molecule has 2 N–H and O–H groups in total. The number of nitrogens with zero attached hydrogens (tertiary/aromatic N) is 1. The first-order valence-electron chi connectivity index (χ1n) is 3.25. The van der Waals surface area contributed by atoms with Crippen LogP contribution in [0.3, 0.4) is 0 Å². The van der Waals surface area contributed by atoms with Gasteiger partial charge < -0.3 is 10.4 Å². The zero-order valence-electron chi connectivity index (χ0n) is 6.32. The number of carbonyl (C=O) groups excluding carboxylic acids is 1. The molecule has 1 aromatic heterocycles. The van der Waals surface area contributed by atoms with Crippen molar-refractivity contribution >= 4 is 17.6 Å². The molecule has 0 spiro atoms. The Morgan fingerprint density at radius 2 is 2.23 bits per heavy atom. The molecule has 0 atom stereocenters. The van der Waals surface area contributed by atoms with Crippen LogP contribution in [0.15, 0.2) is 18.5 Å². The van der Waals surface area contributed by atoms with Crippen molar-refractivity contribution in [1.82, 2.24) is 4.98 Å². The molecule has 6 heteroatoms. The number of hydrogen-bond acceptors (Lipinski definition) is 3. The standard InChI is InChI=1S/C7H5FN2O3/c8-4-3-9-2-1-5(4)10-6(11)7(12)13/h1-3H,(H,12,13)(H,9,10,11). The summed E-state index contributed by atoms with van der Waals surface area (Å²) < 4.78 is 12.7. The van der Waals surface area contributed by atoms with E-state index >= 15 is 0 Å². The summed E-state index contributed by atoms with van der Waals surface area (Å²) in [6.45, 7) is 0. The molecule has 5 nitrogen and oxygen atoms in total. The first-order chi connectivity index (χ1) is 6.11. The van der Waals surface area contributed by atoms with Crippen LogP contribution in [-0.4, -0.2) is 22.0 Å². The maximum absolute atomic E-state index is 12.7. The van der Waals surface area contributed by atoms with E-state index in [1.165, 1.54) is 6.20 Å². The average Bonchev–Trinajstić information content (AvgIpc) is 2.08. The van der Waals surface area contributed by atoms with Crippen molar-refractivity contribution in [3.8, 4) is 0 Å². The molecule has 0 bridgehead atoms. The first kappa shape index (κ1) is 9.11. The number of hydrogen-bond donors (Lipinski definition) is 2. The molecule has 0 saturated carbocycles. The Balaban J connectivity index is 2.81. The number of halogens is 1. The summed E-state index contributed by atoms with van der Waals surface area (Å²) in [5.41, 5.74) is -0.206. The topological polar surface area (TPSA) is 79.3 Å². The van der Waals surface area contributed by atoms with Crippen molar-refractivity contribution in [3.63, 3.8) is 0 Å². The van der Waals surface area contributed by atoms with E-state index in [1.54, 1.807) is 0 Å².